The lowest BCUT2D eigenvalue weighted by Gasteiger charge is -2.13. The van der Waals surface area contributed by atoms with Gasteiger partial charge < -0.3 is 10.2 Å². The quantitative estimate of drug-likeness (QED) is 0.891. The first-order chi connectivity index (χ1) is 8.25. The van der Waals surface area contributed by atoms with E-state index < -0.39 is 0 Å². The van der Waals surface area contributed by atoms with Crippen LogP contribution in [0.15, 0.2) is 30.3 Å². The van der Waals surface area contributed by atoms with Crippen molar-refractivity contribution in [3.05, 3.63) is 30.3 Å². The zero-order valence-electron chi connectivity index (χ0n) is 9.39. The average molecular weight is 250 g/mol. The number of hydrogen-bond donors (Lipinski definition) is 1. The van der Waals surface area contributed by atoms with Crippen molar-refractivity contribution < 1.29 is 9.59 Å². The Hall–Kier alpha value is -1.49. The van der Waals surface area contributed by atoms with Crippen molar-refractivity contribution in [2.45, 2.75) is 6.42 Å². The highest BCUT2D eigenvalue weighted by atomic mass is 32.2. The lowest BCUT2D eigenvalue weighted by atomic mass is 10.3. The van der Waals surface area contributed by atoms with Crippen LogP contribution in [0.2, 0.25) is 0 Å². The van der Waals surface area contributed by atoms with Crippen LogP contribution in [0.25, 0.3) is 0 Å². The highest BCUT2D eigenvalue weighted by Gasteiger charge is 2.21. The number of nitrogens with one attached hydrogen (secondary N) is 1. The van der Waals surface area contributed by atoms with E-state index in [-0.39, 0.29) is 11.1 Å². The summed E-state index contributed by atoms with van der Waals surface area (Å²) in [5, 5.41) is 2.88. The Labute approximate surface area is 104 Å². The second kappa shape index (κ2) is 5.72. The number of nitrogens with zero attached hydrogens (tertiary/aromatic N) is 1. The molecule has 2 amide bonds. The molecule has 0 aliphatic carbocycles. The van der Waals surface area contributed by atoms with Gasteiger partial charge in [0.15, 0.2) is 0 Å². The molecule has 17 heavy (non-hydrogen) atoms. The first kappa shape index (κ1) is 12.0. The van der Waals surface area contributed by atoms with Gasteiger partial charge in [-0.25, -0.2) is 0 Å². The van der Waals surface area contributed by atoms with E-state index in [9.17, 15) is 9.59 Å². The van der Waals surface area contributed by atoms with Crippen molar-refractivity contribution in [1.82, 2.24) is 4.90 Å². The maximum absolute atomic E-state index is 11.6. The Balaban J connectivity index is 1.76. The normalized spacial score (nSPS) is 15.1. The van der Waals surface area contributed by atoms with Gasteiger partial charge in [0.25, 0.3) is 5.24 Å². The van der Waals surface area contributed by atoms with E-state index in [2.05, 4.69) is 5.32 Å². The van der Waals surface area contributed by atoms with Gasteiger partial charge in [0.2, 0.25) is 5.91 Å². The average Bonchev–Trinajstić information content (AvgIpc) is 2.74. The zero-order chi connectivity index (χ0) is 12.1. The largest absolute Gasteiger partial charge is 0.332 e. The zero-order valence-corrected chi connectivity index (χ0v) is 10.2. The summed E-state index contributed by atoms with van der Waals surface area (Å²) in [4.78, 5) is 24.6. The van der Waals surface area contributed by atoms with Gasteiger partial charge in [0.05, 0.1) is 0 Å². The number of rotatable bonds is 4. The molecular formula is C12H14N2O2S. The fourth-order valence-corrected chi connectivity index (χ4v) is 2.46. The Morgan fingerprint density at radius 1 is 1.35 bits per heavy atom. The fraction of sp³-hybridized carbons (Fsp3) is 0.333. The van der Waals surface area contributed by atoms with Gasteiger partial charge in [-0.2, -0.15) is 0 Å². The summed E-state index contributed by atoms with van der Waals surface area (Å²) in [5.74, 6) is 0.778. The van der Waals surface area contributed by atoms with Gasteiger partial charge in [-0.3, -0.25) is 9.59 Å². The molecule has 90 valence electrons. The van der Waals surface area contributed by atoms with Gasteiger partial charge in [-0.15, -0.1) is 0 Å². The van der Waals surface area contributed by atoms with Gasteiger partial charge in [-0.1, -0.05) is 30.0 Å². The summed E-state index contributed by atoms with van der Waals surface area (Å²) >= 11 is 1.32. The molecule has 0 saturated carbocycles. The molecule has 1 fully saturated rings. The van der Waals surface area contributed by atoms with Gasteiger partial charge in [0, 0.05) is 31.0 Å². The summed E-state index contributed by atoms with van der Waals surface area (Å²) in [5.41, 5.74) is 0.791. The monoisotopic (exact) mass is 250 g/mol. The van der Waals surface area contributed by atoms with Crippen LogP contribution in [-0.4, -0.2) is 34.9 Å². The predicted octanol–water partition coefficient (Wildman–Crippen LogP) is 2.18. The Morgan fingerprint density at radius 3 is 2.76 bits per heavy atom. The third-order valence-electron chi connectivity index (χ3n) is 2.51. The lowest BCUT2D eigenvalue weighted by Crippen LogP contribution is -2.27. The second-order valence-electron chi connectivity index (χ2n) is 3.77. The summed E-state index contributed by atoms with van der Waals surface area (Å²) in [6, 6.07) is 9.33. The molecule has 1 aliphatic heterocycles. The Morgan fingerprint density at radius 2 is 2.12 bits per heavy atom. The highest BCUT2D eigenvalue weighted by molar-refractivity contribution is 8.13. The number of benzene rings is 1. The van der Waals surface area contributed by atoms with Gasteiger partial charge >= 0.3 is 0 Å². The number of para-hydroxylation sites is 1. The summed E-state index contributed by atoms with van der Waals surface area (Å²) in [6.07, 6.45) is 0.348. The van der Waals surface area contributed by atoms with E-state index in [4.69, 9.17) is 0 Å². The van der Waals surface area contributed by atoms with Crippen LogP contribution in [0.5, 0.6) is 0 Å². The molecule has 1 aromatic carbocycles. The minimum Gasteiger partial charge on any atom is -0.332 e. The molecule has 5 heteroatoms. The van der Waals surface area contributed by atoms with Crippen molar-refractivity contribution in [1.29, 1.82) is 0 Å². The molecule has 0 unspecified atom stereocenters. The van der Waals surface area contributed by atoms with Gasteiger partial charge in [0.1, 0.15) is 0 Å². The van der Waals surface area contributed by atoms with Crippen LogP contribution in [-0.2, 0) is 4.79 Å². The first-order valence-electron chi connectivity index (χ1n) is 5.52. The van der Waals surface area contributed by atoms with Crippen LogP contribution >= 0.6 is 11.8 Å². The van der Waals surface area contributed by atoms with Crippen molar-refractivity contribution in [2.24, 2.45) is 0 Å². The van der Waals surface area contributed by atoms with E-state index in [1.165, 1.54) is 11.8 Å². The lowest BCUT2D eigenvalue weighted by molar-refractivity contribution is -0.116. The maximum atomic E-state index is 11.6. The standard InChI is InChI=1S/C12H14N2O2S/c15-11(13-10-4-2-1-3-5-10)6-7-14-8-9-17-12(14)16/h1-5H,6-9H2,(H,13,15). The molecule has 0 bridgehead atoms. The van der Waals surface area contributed by atoms with E-state index in [0.29, 0.717) is 13.0 Å². The molecule has 0 atom stereocenters. The van der Waals surface area contributed by atoms with E-state index >= 15 is 0 Å². The topological polar surface area (TPSA) is 49.4 Å². The second-order valence-corrected chi connectivity index (χ2v) is 4.81. The molecule has 4 nitrogen and oxygen atoms in total. The van der Waals surface area contributed by atoms with Crippen molar-refractivity contribution in [2.75, 3.05) is 24.2 Å². The molecule has 1 aliphatic rings. The van der Waals surface area contributed by atoms with Crippen molar-refractivity contribution >= 4 is 28.6 Å². The smallest absolute Gasteiger partial charge is 0.281 e. The molecule has 0 radical (unpaired) electrons. The van der Waals surface area contributed by atoms with Crippen molar-refractivity contribution in [3.63, 3.8) is 0 Å². The van der Waals surface area contributed by atoms with Crippen LogP contribution in [0.4, 0.5) is 10.5 Å². The van der Waals surface area contributed by atoms with Crippen LogP contribution in [0.1, 0.15) is 6.42 Å². The van der Waals surface area contributed by atoms with Crippen LogP contribution < -0.4 is 5.32 Å². The number of amides is 2. The third kappa shape index (κ3) is 3.49. The van der Waals surface area contributed by atoms with E-state index in [1.54, 1.807) is 4.90 Å². The predicted molar refractivity (Wildman–Crippen MR) is 69.1 cm³/mol. The Bertz CT molecular complexity index is 408. The number of carbonyl (C=O) groups is 2. The van der Waals surface area contributed by atoms with E-state index in [0.717, 1.165) is 18.0 Å². The number of thioether (sulfide) groups is 1. The molecule has 1 heterocycles. The van der Waals surface area contributed by atoms with E-state index in [1.807, 2.05) is 30.3 Å². The van der Waals surface area contributed by atoms with Gasteiger partial charge in [-0.05, 0) is 12.1 Å². The van der Waals surface area contributed by atoms with Crippen molar-refractivity contribution in [3.8, 4) is 0 Å². The SMILES string of the molecule is O=C(CCN1CCSC1=O)Nc1ccccc1. The number of anilines is 1. The molecule has 0 spiro atoms. The summed E-state index contributed by atoms with van der Waals surface area (Å²) in [6.45, 7) is 1.26. The molecular weight excluding hydrogens is 236 g/mol. The van der Waals surface area contributed by atoms with Crippen LogP contribution in [0.3, 0.4) is 0 Å². The van der Waals surface area contributed by atoms with Crippen LogP contribution in [0, 0.1) is 0 Å². The highest BCUT2D eigenvalue weighted by Crippen LogP contribution is 2.17. The Kier molecular flexibility index (Phi) is 4.03. The third-order valence-corrected chi connectivity index (χ3v) is 3.40. The molecule has 1 saturated heterocycles. The molecule has 2 rings (SSSR count). The number of hydrogen-bond acceptors (Lipinski definition) is 3. The minimum absolute atomic E-state index is 0.0547. The molecule has 1 N–H and O–H groups in total. The molecule has 0 aromatic heterocycles. The molecule has 1 aromatic rings. The first-order valence-corrected chi connectivity index (χ1v) is 6.51. The summed E-state index contributed by atoms with van der Waals surface area (Å²) in [7, 11) is 0. The maximum Gasteiger partial charge on any atom is 0.281 e. The summed E-state index contributed by atoms with van der Waals surface area (Å²) < 4.78 is 0. The number of carbonyl (C=O) groups excluding carboxylic acids is 2. The fourth-order valence-electron chi connectivity index (χ4n) is 1.61. The minimum atomic E-state index is -0.0547.